The Balaban J connectivity index is 1.97. The van der Waals surface area contributed by atoms with Gasteiger partial charge in [-0.1, -0.05) is 0 Å². The lowest BCUT2D eigenvalue weighted by Gasteiger charge is -2.39. The summed E-state index contributed by atoms with van der Waals surface area (Å²) in [6.07, 6.45) is 7.06. The molecule has 2 N–H and O–H groups in total. The Kier molecular flexibility index (Phi) is 4.09. The van der Waals surface area contributed by atoms with Gasteiger partial charge < -0.3 is 5.73 Å². The number of thioether (sulfide) groups is 2. The van der Waals surface area contributed by atoms with Crippen molar-refractivity contribution in [3.8, 4) is 0 Å². The molecule has 0 bridgehead atoms. The number of rotatable bonds is 1. The first kappa shape index (κ1) is 11.2. The molecule has 1 spiro atoms. The second-order valence-corrected chi connectivity index (χ2v) is 7.38. The predicted molar refractivity (Wildman–Crippen MR) is 68.1 cm³/mol. The van der Waals surface area contributed by atoms with Crippen molar-refractivity contribution in [1.82, 2.24) is 0 Å². The lowest BCUT2D eigenvalue weighted by Crippen LogP contribution is -2.35. The van der Waals surface area contributed by atoms with Crippen LogP contribution in [-0.4, -0.2) is 28.6 Å². The fraction of sp³-hybridized carbons (Fsp3) is 1.00. The van der Waals surface area contributed by atoms with Gasteiger partial charge in [-0.2, -0.15) is 23.5 Å². The Morgan fingerprint density at radius 1 is 1.21 bits per heavy atom. The number of hydrogen-bond donors (Lipinski definition) is 1. The Morgan fingerprint density at radius 2 is 2.14 bits per heavy atom. The molecule has 82 valence electrons. The average Bonchev–Trinajstić information content (AvgIpc) is 2.44. The fourth-order valence-electron chi connectivity index (χ4n) is 2.66. The SMILES string of the molecule is NCC1CCSC2(CCCSCC2)C1. The third-order valence-corrected chi connectivity index (χ3v) is 6.25. The lowest BCUT2D eigenvalue weighted by molar-refractivity contribution is 0.363. The van der Waals surface area contributed by atoms with E-state index in [1.165, 1.54) is 49.4 Å². The van der Waals surface area contributed by atoms with Crippen molar-refractivity contribution in [3.63, 3.8) is 0 Å². The standard InChI is InChI=1S/C11H21NS2/c12-9-10-2-6-14-11(8-10)3-1-5-13-7-4-11/h10H,1-9,12H2. The van der Waals surface area contributed by atoms with Crippen LogP contribution in [0.3, 0.4) is 0 Å². The highest BCUT2D eigenvalue weighted by Gasteiger charge is 2.36. The van der Waals surface area contributed by atoms with Crippen LogP contribution in [0.1, 0.15) is 32.1 Å². The Hall–Kier alpha value is 0.660. The van der Waals surface area contributed by atoms with E-state index in [1.807, 2.05) is 0 Å². The van der Waals surface area contributed by atoms with Gasteiger partial charge in [0.05, 0.1) is 0 Å². The van der Waals surface area contributed by atoms with E-state index >= 15 is 0 Å². The molecule has 0 aromatic heterocycles. The molecule has 0 saturated carbocycles. The molecule has 2 saturated heterocycles. The summed E-state index contributed by atoms with van der Waals surface area (Å²) in [5.41, 5.74) is 5.82. The Bertz CT molecular complexity index is 176. The van der Waals surface area contributed by atoms with Gasteiger partial charge >= 0.3 is 0 Å². The molecule has 0 aromatic carbocycles. The predicted octanol–water partition coefficient (Wildman–Crippen LogP) is 2.74. The van der Waals surface area contributed by atoms with E-state index in [2.05, 4.69) is 23.5 Å². The summed E-state index contributed by atoms with van der Waals surface area (Å²) in [5, 5.41) is 0. The molecule has 3 heteroatoms. The molecule has 2 fully saturated rings. The van der Waals surface area contributed by atoms with Crippen LogP contribution in [0.5, 0.6) is 0 Å². The molecule has 2 aliphatic heterocycles. The first-order chi connectivity index (χ1) is 6.85. The van der Waals surface area contributed by atoms with Gasteiger partial charge in [0.1, 0.15) is 0 Å². The van der Waals surface area contributed by atoms with E-state index in [1.54, 1.807) is 0 Å². The van der Waals surface area contributed by atoms with E-state index in [0.29, 0.717) is 4.75 Å². The molecule has 0 amide bonds. The average molecular weight is 231 g/mol. The largest absolute Gasteiger partial charge is 0.330 e. The molecule has 0 aromatic rings. The first-order valence-electron chi connectivity index (χ1n) is 5.76. The molecule has 2 unspecified atom stereocenters. The van der Waals surface area contributed by atoms with Crippen molar-refractivity contribution in [2.45, 2.75) is 36.9 Å². The van der Waals surface area contributed by atoms with Gasteiger partial charge in [0, 0.05) is 4.75 Å². The molecule has 2 aliphatic rings. The van der Waals surface area contributed by atoms with Crippen LogP contribution < -0.4 is 5.73 Å². The maximum Gasteiger partial charge on any atom is 0.0171 e. The fourth-order valence-corrected chi connectivity index (χ4v) is 5.65. The van der Waals surface area contributed by atoms with Crippen molar-refractivity contribution in [1.29, 1.82) is 0 Å². The number of hydrogen-bond acceptors (Lipinski definition) is 3. The molecule has 2 rings (SSSR count). The first-order valence-corrected chi connectivity index (χ1v) is 7.90. The summed E-state index contributed by atoms with van der Waals surface area (Å²) >= 11 is 4.40. The molecule has 2 atom stereocenters. The van der Waals surface area contributed by atoms with Crippen LogP contribution in [0.4, 0.5) is 0 Å². The topological polar surface area (TPSA) is 26.0 Å². The molecule has 1 nitrogen and oxygen atoms in total. The molecule has 0 radical (unpaired) electrons. The maximum atomic E-state index is 5.82. The molecular formula is C11H21NS2. The van der Waals surface area contributed by atoms with Crippen molar-refractivity contribution in [2.24, 2.45) is 11.7 Å². The summed E-state index contributed by atoms with van der Waals surface area (Å²) in [7, 11) is 0. The lowest BCUT2D eigenvalue weighted by atomic mass is 9.86. The van der Waals surface area contributed by atoms with E-state index in [9.17, 15) is 0 Å². The van der Waals surface area contributed by atoms with Gasteiger partial charge in [0.25, 0.3) is 0 Å². The summed E-state index contributed by atoms with van der Waals surface area (Å²) in [4.78, 5) is 0. The van der Waals surface area contributed by atoms with Crippen LogP contribution in [0, 0.1) is 5.92 Å². The highest BCUT2D eigenvalue weighted by Crippen LogP contribution is 2.46. The van der Waals surface area contributed by atoms with Gasteiger partial charge in [-0.15, -0.1) is 0 Å². The summed E-state index contributed by atoms with van der Waals surface area (Å²) in [5.74, 6) is 4.94. The van der Waals surface area contributed by atoms with Crippen molar-refractivity contribution in [2.75, 3.05) is 23.8 Å². The van der Waals surface area contributed by atoms with Gasteiger partial charge in [-0.25, -0.2) is 0 Å². The summed E-state index contributed by atoms with van der Waals surface area (Å²) in [6, 6.07) is 0. The third kappa shape index (κ3) is 2.61. The van der Waals surface area contributed by atoms with Gasteiger partial charge in [0.15, 0.2) is 0 Å². The summed E-state index contributed by atoms with van der Waals surface area (Å²) in [6.45, 7) is 0.912. The highest BCUT2D eigenvalue weighted by atomic mass is 32.2. The van der Waals surface area contributed by atoms with E-state index in [4.69, 9.17) is 5.73 Å². The second-order valence-electron chi connectivity index (χ2n) is 4.59. The minimum absolute atomic E-state index is 0.631. The van der Waals surface area contributed by atoms with Crippen LogP contribution in [-0.2, 0) is 0 Å². The third-order valence-electron chi connectivity index (χ3n) is 3.55. The van der Waals surface area contributed by atoms with Gasteiger partial charge in [-0.05, 0) is 61.8 Å². The minimum atomic E-state index is 0.631. The quantitative estimate of drug-likeness (QED) is 0.751. The van der Waals surface area contributed by atoms with E-state index in [-0.39, 0.29) is 0 Å². The smallest absolute Gasteiger partial charge is 0.0171 e. The van der Waals surface area contributed by atoms with E-state index < -0.39 is 0 Å². The monoisotopic (exact) mass is 231 g/mol. The Morgan fingerprint density at radius 3 is 3.00 bits per heavy atom. The minimum Gasteiger partial charge on any atom is -0.330 e. The van der Waals surface area contributed by atoms with Crippen molar-refractivity contribution >= 4 is 23.5 Å². The van der Waals surface area contributed by atoms with E-state index in [0.717, 1.165) is 12.5 Å². The molecule has 2 heterocycles. The highest BCUT2D eigenvalue weighted by molar-refractivity contribution is 8.01. The van der Waals surface area contributed by atoms with Gasteiger partial charge in [0.2, 0.25) is 0 Å². The second kappa shape index (κ2) is 5.13. The zero-order valence-corrected chi connectivity index (χ0v) is 10.5. The van der Waals surface area contributed by atoms with Crippen LogP contribution in [0.25, 0.3) is 0 Å². The molecular weight excluding hydrogens is 210 g/mol. The van der Waals surface area contributed by atoms with Crippen LogP contribution >= 0.6 is 23.5 Å². The number of nitrogens with two attached hydrogens (primary N) is 1. The van der Waals surface area contributed by atoms with Crippen LogP contribution in [0.2, 0.25) is 0 Å². The summed E-state index contributed by atoms with van der Waals surface area (Å²) < 4.78 is 0.631. The zero-order valence-electron chi connectivity index (χ0n) is 8.84. The molecule has 14 heavy (non-hydrogen) atoms. The van der Waals surface area contributed by atoms with Gasteiger partial charge in [-0.3, -0.25) is 0 Å². The normalized spacial score (nSPS) is 39.6. The van der Waals surface area contributed by atoms with Crippen molar-refractivity contribution in [3.05, 3.63) is 0 Å². The maximum absolute atomic E-state index is 5.82. The molecule has 0 aliphatic carbocycles. The zero-order chi connectivity index (χ0) is 9.86. The van der Waals surface area contributed by atoms with Crippen molar-refractivity contribution < 1.29 is 0 Å². The van der Waals surface area contributed by atoms with Crippen LogP contribution in [0.15, 0.2) is 0 Å². The Labute approximate surface area is 96.0 Å².